The van der Waals surface area contributed by atoms with Gasteiger partial charge in [0.05, 0.1) is 23.4 Å². The minimum Gasteiger partial charge on any atom is -0.361 e. The van der Waals surface area contributed by atoms with Crippen molar-refractivity contribution in [3.63, 3.8) is 0 Å². The van der Waals surface area contributed by atoms with Crippen molar-refractivity contribution in [2.45, 2.75) is 6.54 Å². The summed E-state index contributed by atoms with van der Waals surface area (Å²) >= 11 is 0. The number of H-pyrrole nitrogens is 2. The molecule has 0 atom stereocenters. The van der Waals surface area contributed by atoms with Crippen LogP contribution < -0.4 is 0 Å². The van der Waals surface area contributed by atoms with Crippen LogP contribution in [0.25, 0.3) is 33.0 Å². The van der Waals surface area contributed by atoms with Gasteiger partial charge in [0.1, 0.15) is 0 Å². The molecule has 6 heteroatoms. The lowest BCUT2D eigenvalue weighted by atomic mass is 9.95. The Balaban J connectivity index is 1.58. The molecule has 0 aliphatic carbocycles. The molecule has 0 unspecified atom stereocenters. The normalized spacial score (nSPS) is 14.3. The van der Waals surface area contributed by atoms with Gasteiger partial charge in [-0.3, -0.25) is 19.5 Å². The number of amides is 2. The third kappa shape index (κ3) is 2.70. The van der Waals surface area contributed by atoms with E-state index in [2.05, 4.69) is 15.0 Å². The molecule has 32 heavy (non-hydrogen) atoms. The van der Waals surface area contributed by atoms with Crippen molar-refractivity contribution < 1.29 is 9.59 Å². The smallest absolute Gasteiger partial charge is 0.262 e. The zero-order valence-electron chi connectivity index (χ0n) is 17.0. The van der Waals surface area contributed by atoms with E-state index in [1.54, 1.807) is 6.20 Å². The summed E-state index contributed by atoms with van der Waals surface area (Å²) in [5, 5.41) is 1.81. The maximum atomic E-state index is 13.7. The molecule has 1 aliphatic rings. The number of carbonyl (C=O) groups is 2. The summed E-state index contributed by atoms with van der Waals surface area (Å²) in [6, 6.07) is 21.0. The van der Waals surface area contributed by atoms with E-state index < -0.39 is 0 Å². The topological polar surface area (TPSA) is 81.8 Å². The number of imide groups is 1. The average molecular weight is 418 g/mol. The second-order valence-corrected chi connectivity index (χ2v) is 7.76. The van der Waals surface area contributed by atoms with Crippen molar-refractivity contribution in [3.05, 3.63) is 102 Å². The highest BCUT2D eigenvalue weighted by Gasteiger charge is 2.41. The van der Waals surface area contributed by atoms with Gasteiger partial charge in [0, 0.05) is 51.5 Å². The molecule has 2 aromatic carbocycles. The number of benzene rings is 2. The van der Waals surface area contributed by atoms with Gasteiger partial charge >= 0.3 is 0 Å². The lowest BCUT2D eigenvalue weighted by Gasteiger charge is -2.14. The van der Waals surface area contributed by atoms with Crippen LogP contribution in [0.5, 0.6) is 0 Å². The first kappa shape index (κ1) is 18.3. The maximum Gasteiger partial charge on any atom is 0.262 e. The van der Waals surface area contributed by atoms with Crippen LogP contribution in [0.4, 0.5) is 0 Å². The Kier molecular flexibility index (Phi) is 4.04. The number of carbonyl (C=O) groups excluding carboxylic acids is 2. The lowest BCUT2D eigenvalue weighted by Crippen LogP contribution is -2.31. The summed E-state index contributed by atoms with van der Waals surface area (Å²) in [5.41, 5.74) is 4.76. The van der Waals surface area contributed by atoms with Crippen molar-refractivity contribution in [1.82, 2.24) is 19.9 Å². The number of aromatic amines is 2. The fraction of sp³-hybridized carbons (Fsp3) is 0.0385. The van der Waals surface area contributed by atoms with E-state index in [4.69, 9.17) is 0 Å². The van der Waals surface area contributed by atoms with Crippen LogP contribution in [-0.4, -0.2) is 31.7 Å². The summed E-state index contributed by atoms with van der Waals surface area (Å²) in [6.07, 6.45) is 5.28. The number of pyridine rings is 1. The molecule has 6 rings (SSSR count). The number of nitrogens with one attached hydrogen (secondary N) is 2. The monoisotopic (exact) mass is 418 g/mol. The Bertz CT molecular complexity index is 1450. The van der Waals surface area contributed by atoms with E-state index in [1.807, 2.05) is 79.1 Å². The Labute approximate surface area is 183 Å². The molecule has 3 aromatic heterocycles. The lowest BCUT2D eigenvalue weighted by molar-refractivity contribution is -0.136. The zero-order chi connectivity index (χ0) is 21.7. The van der Waals surface area contributed by atoms with Crippen LogP contribution in [0.2, 0.25) is 0 Å². The summed E-state index contributed by atoms with van der Waals surface area (Å²) < 4.78 is 0. The third-order valence-corrected chi connectivity index (χ3v) is 5.93. The first-order chi connectivity index (χ1) is 15.7. The number of para-hydroxylation sites is 2. The maximum absolute atomic E-state index is 13.7. The van der Waals surface area contributed by atoms with E-state index in [9.17, 15) is 9.59 Å². The minimum absolute atomic E-state index is 0.121. The van der Waals surface area contributed by atoms with Crippen molar-refractivity contribution >= 4 is 44.8 Å². The molecule has 0 saturated carbocycles. The van der Waals surface area contributed by atoms with Crippen LogP contribution in [-0.2, 0) is 16.1 Å². The van der Waals surface area contributed by atoms with Gasteiger partial charge in [-0.1, -0.05) is 42.5 Å². The molecule has 4 heterocycles. The average Bonchev–Trinajstić information content (AvgIpc) is 3.50. The Morgan fingerprint density at radius 3 is 1.75 bits per heavy atom. The highest BCUT2D eigenvalue weighted by atomic mass is 16.2. The quantitative estimate of drug-likeness (QED) is 0.421. The second kappa shape index (κ2) is 7.06. The third-order valence-electron chi connectivity index (χ3n) is 5.93. The van der Waals surface area contributed by atoms with E-state index in [-0.39, 0.29) is 18.4 Å². The number of fused-ring (bicyclic) bond motifs is 2. The van der Waals surface area contributed by atoms with Crippen molar-refractivity contribution in [2.24, 2.45) is 0 Å². The van der Waals surface area contributed by atoms with Gasteiger partial charge in [-0.15, -0.1) is 0 Å². The molecule has 0 saturated heterocycles. The van der Waals surface area contributed by atoms with E-state index >= 15 is 0 Å². The van der Waals surface area contributed by atoms with Crippen molar-refractivity contribution in [1.29, 1.82) is 0 Å². The van der Waals surface area contributed by atoms with Gasteiger partial charge in [-0.2, -0.15) is 0 Å². The van der Waals surface area contributed by atoms with Gasteiger partial charge in [0.15, 0.2) is 0 Å². The van der Waals surface area contributed by atoms with Gasteiger partial charge in [0.25, 0.3) is 11.8 Å². The molecule has 1 aliphatic heterocycles. The van der Waals surface area contributed by atoms with E-state index in [0.29, 0.717) is 16.8 Å². The predicted molar refractivity (Wildman–Crippen MR) is 123 cm³/mol. The van der Waals surface area contributed by atoms with Crippen LogP contribution in [0, 0.1) is 0 Å². The zero-order valence-corrected chi connectivity index (χ0v) is 17.0. The first-order valence-corrected chi connectivity index (χ1v) is 10.4. The molecule has 6 nitrogen and oxygen atoms in total. The fourth-order valence-electron chi connectivity index (χ4n) is 4.43. The summed E-state index contributed by atoms with van der Waals surface area (Å²) in [5.74, 6) is -0.628. The SMILES string of the molecule is O=C1C(c2c[nH]c3ccccc23)=C(c2c[nH]c3ccccc23)C(=O)N1Cc1ccccn1. The van der Waals surface area contributed by atoms with Crippen LogP contribution in [0.15, 0.2) is 85.3 Å². The molecular weight excluding hydrogens is 400 g/mol. The Hall–Kier alpha value is -4.45. The van der Waals surface area contributed by atoms with Gasteiger partial charge in [0.2, 0.25) is 0 Å². The molecule has 2 N–H and O–H groups in total. The molecule has 2 amide bonds. The van der Waals surface area contributed by atoms with Crippen molar-refractivity contribution in [2.75, 3.05) is 0 Å². The predicted octanol–water partition coefficient (Wildman–Crippen LogP) is 4.52. The minimum atomic E-state index is -0.314. The van der Waals surface area contributed by atoms with Gasteiger partial charge in [-0.05, 0) is 24.3 Å². The van der Waals surface area contributed by atoms with Crippen molar-refractivity contribution in [3.8, 4) is 0 Å². The number of hydrogen-bond acceptors (Lipinski definition) is 3. The van der Waals surface area contributed by atoms with E-state index in [1.165, 1.54) is 4.90 Å². The van der Waals surface area contributed by atoms with E-state index in [0.717, 1.165) is 32.9 Å². The molecule has 0 fully saturated rings. The van der Waals surface area contributed by atoms with Crippen LogP contribution in [0.3, 0.4) is 0 Å². The van der Waals surface area contributed by atoms with Gasteiger partial charge in [-0.25, -0.2) is 0 Å². The summed E-state index contributed by atoms with van der Waals surface area (Å²) in [7, 11) is 0. The largest absolute Gasteiger partial charge is 0.361 e. The van der Waals surface area contributed by atoms with Crippen LogP contribution in [0.1, 0.15) is 16.8 Å². The highest BCUT2D eigenvalue weighted by molar-refractivity contribution is 6.50. The standard InChI is InChI=1S/C26H18N4O2/c31-25-23(19-13-28-21-10-3-1-8-17(19)21)24(20-14-29-22-11-4-2-9-18(20)22)26(32)30(25)15-16-7-5-6-12-27-16/h1-14,28-29H,15H2. The second-order valence-electron chi connectivity index (χ2n) is 7.76. The molecule has 154 valence electrons. The number of aromatic nitrogens is 3. The summed E-state index contributed by atoms with van der Waals surface area (Å²) in [6.45, 7) is 0.121. The fourth-order valence-corrected chi connectivity index (χ4v) is 4.43. The Morgan fingerprint density at radius 2 is 1.22 bits per heavy atom. The molecule has 0 bridgehead atoms. The van der Waals surface area contributed by atoms with Gasteiger partial charge < -0.3 is 9.97 Å². The molecular formula is C26H18N4O2. The summed E-state index contributed by atoms with van der Waals surface area (Å²) in [4.78, 5) is 39.5. The van der Waals surface area contributed by atoms with Crippen LogP contribution >= 0.6 is 0 Å². The molecule has 0 radical (unpaired) electrons. The Morgan fingerprint density at radius 1 is 0.688 bits per heavy atom. The molecule has 0 spiro atoms. The molecule has 5 aromatic rings. The number of rotatable bonds is 4. The highest BCUT2D eigenvalue weighted by Crippen LogP contribution is 2.40. The first-order valence-electron chi connectivity index (χ1n) is 10.4. The number of hydrogen-bond donors (Lipinski definition) is 2. The number of nitrogens with zero attached hydrogens (tertiary/aromatic N) is 2.